The number of carboxylic acids is 1. The molecule has 2 atom stereocenters. The quantitative estimate of drug-likeness (QED) is 0.694. The van der Waals surface area contributed by atoms with Crippen molar-refractivity contribution in [1.29, 1.82) is 0 Å². The van der Waals surface area contributed by atoms with Crippen molar-refractivity contribution in [3.05, 3.63) is 41.3 Å². The summed E-state index contributed by atoms with van der Waals surface area (Å²) in [6.07, 6.45) is 0. The molecule has 2 aliphatic heterocycles. The van der Waals surface area contributed by atoms with Crippen molar-refractivity contribution < 1.29 is 33.7 Å². The Bertz CT molecular complexity index is 980. The van der Waals surface area contributed by atoms with E-state index in [4.69, 9.17) is 19.7 Å². The van der Waals surface area contributed by atoms with Gasteiger partial charge >= 0.3 is 5.97 Å². The van der Waals surface area contributed by atoms with E-state index in [1.807, 2.05) is 4.90 Å². The Kier molecular flexibility index (Phi) is 7.13. The summed E-state index contributed by atoms with van der Waals surface area (Å²) in [5.41, 5.74) is 1.58. The first-order chi connectivity index (χ1) is 14.8. The number of carboxylic acid groups (broad SMARTS) is 2. The van der Waals surface area contributed by atoms with Gasteiger partial charge in [-0.05, 0) is 25.1 Å². The van der Waals surface area contributed by atoms with Gasteiger partial charge in [0.1, 0.15) is 5.82 Å². The smallest absolute Gasteiger partial charge is 0.317 e. The van der Waals surface area contributed by atoms with Crippen molar-refractivity contribution in [2.45, 2.75) is 13.0 Å². The van der Waals surface area contributed by atoms with Crippen LogP contribution < -0.4 is 0 Å². The Morgan fingerprint density at radius 3 is 2.71 bits per heavy atom. The average molecular weight is 433 g/mol. The molecule has 10 heteroatoms. The molecule has 2 aliphatic rings. The van der Waals surface area contributed by atoms with Gasteiger partial charge in [-0.15, -0.1) is 0 Å². The van der Waals surface area contributed by atoms with Crippen molar-refractivity contribution in [3.8, 4) is 0 Å². The van der Waals surface area contributed by atoms with Gasteiger partial charge < -0.3 is 19.8 Å². The fourth-order valence-electron chi connectivity index (χ4n) is 4.17. The third-order valence-electron chi connectivity index (χ3n) is 5.29. The van der Waals surface area contributed by atoms with Crippen molar-refractivity contribution in [2.75, 3.05) is 39.4 Å². The average Bonchev–Trinajstić information content (AvgIpc) is 2.97. The molecule has 1 aromatic heterocycles. The second-order valence-corrected chi connectivity index (χ2v) is 7.68. The molecule has 0 spiro atoms. The van der Waals surface area contributed by atoms with Crippen LogP contribution in [0.15, 0.2) is 24.3 Å². The van der Waals surface area contributed by atoms with Crippen LogP contribution in [0.4, 0.5) is 4.39 Å². The second kappa shape index (κ2) is 9.80. The van der Waals surface area contributed by atoms with Gasteiger partial charge in [0.05, 0.1) is 36.9 Å². The summed E-state index contributed by atoms with van der Waals surface area (Å²) in [7, 11) is 0. The maximum atomic E-state index is 13.6. The van der Waals surface area contributed by atoms with Crippen molar-refractivity contribution in [1.82, 2.24) is 14.8 Å². The summed E-state index contributed by atoms with van der Waals surface area (Å²) < 4.78 is 19.4. The van der Waals surface area contributed by atoms with E-state index in [9.17, 15) is 14.0 Å². The lowest BCUT2D eigenvalue weighted by molar-refractivity contribution is -0.138. The van der Waals surface area contributed by atoms with Crippen LogP contribution in [0.1, 0.15) is 16.1 Å². The highest BCUT2D eigenvalue weighted by Gasteiger charge is 2.37. The first-order valence-corrected chi connectivity index (χ1v) is 9.80. The maximum Gasteiger partial charge on any atom is 0.317 e. The topological polar surface area (TPSA) is 120 Å². The Hall–Kier alpha value is -3.11. The van der Waals surface area contributed by atoms with E-state index >= 15 is 0 Å². The molecule has 0 saturated carbocycles. The predicted octanol–water partition coefficient (Wildman–Crippen LogP) is 1.24. The van der Waals surface area contributed by atoms with Gasteiger partial charge in [-0.25, -0.2) is 4.39 Å². The van der Waals surface area contributed by atoms with Crippen LogP contribution in [0.25, 0.3) is 10.9 Å². The molecule has 9 nitrogen and oxygen atoms in total. The summed E-state index contributed by atoms with van der Waals surface area (Å²) in [5, 5.41) is 16.7. The number of rotatable bonds is 3. The van der Waals surface area contributed by atoms with E-state index < -0.39 is 11.8 Å². The molecule has 2 N–H and O–H groups in total. The number of aliphatic carboxylic acids is 1. The third-order valence-corrected chi connectivity index (χ3v) is 5.29. The first kappa shape index (κ1) is 22.6. The monoisotopic (exact) mass is 433 g/mol. The Morgan fingerprint density at radius 1 is 1.26 bits per heavy atom. The van der Waals surface area contributed by atoms with Gasteiger partial charge in [-0.1, -0.05) is 0 Å². The van der Waals surface area contributed by atoms with E-state index in [1.54, 1.807) is 24.0 Å². The molecule has 2 aromatic rings. The van der Waals surface area contributed by atoms with Gasteiger partial charge in [0.25, 0.3) is 12.4 Å². The lowest BCUT2D eigenvalue weighted by Gasteiger charge is -2.31. The summed E-state index contributed by atoms with van der Waals surface area (Å²) in [6, 6.07) is 5.74. The zero-order valence-corrected chi connectivity index (χ0v) is 17.0. The number of nitrogens with zero attached hydrogens (tertiary/aromatic N) is 3. The molecule has 0 unspecified atom stereocenters. The molecule has 1 amide bonds. The highest BCUT2D eigenvalue weighted by Crippen LogP contribution is 2.26. The summed E-state index contributed by atoms with van der Waals surface area (Å²) in [4.78, 5) is 41.0. The van der Waals surface area contributed by atoms with Crippen LogP contribution in [-0.2, 0) is 14.3 Å². The highest BCUT2D eigenvalue weighted by atomic mass is 19.1. The Labute approximate surface area is 178 Å². The van der Waals surface area contributed by atoms with Crippen molar-refractivity contribution in [3.63, 3.8) is 0 Å². The number of carbonyl (C=O) groups is 3. The molecule has 2 bridgehead atoms. The van der Waals surface area contributed by atoms with E-state index in [2.05, 4.69) is 4.98 Å². The van der Waals surface area contributed by atoms with E-state index in [0.717, 1.165) is 0 Å². The minimum absolute atomic E-state index is 0.0439. The number of aryl methyl sites for hydroxylation is 1. The number of ether oxygens (including phenoxy) is 1. The zero-order chi connectivity index (χ0) is 22.5. The Balaban J connectivity index is 0.000000858. The standard InChI is InChI=1S/C20H22FN3O4.CH2O2/c1-12-4-17(16-3-2-14(21)5-18(16)22-12)20(27)24-7-13-6-23(9-19(25)26)8-15(24)11-28-10-13;2-1-3/h2-5,13,15H,6-11H2,1H3,(H,25,26);1H,(H,2,3)/t13-,15-;/m0./s1. The molecular weight excluding hydrogens is 409 g/mol. The normalized spacial score (nSPS) is 21.0. The number of halogens is 1. The van der Waals surface area contributed by atoms with Gasteiger partial charge in [0.15, 0.2) is 0 Å². The molecule has 4 rings (SSSR count). The largest absolute Gasteiger partial charge is 0.483 e. The van der Waals surface area contributed by atoms with Crippen LogP contribution in [0.2, 0.25) is 0 Å². The number of amides is 1. The number of aromatic nitrogens is 1. The first-order valence-electron chi connectivity index (χ1n) is 9.80. The van der Waals surface area contributed by atoms with E-state index in [1.165, 1.54) is 12.1 Å². The molecule has 166 valence electrons. The van der Waals surface area contributed by atoms with Crippen LogP contribution in [0.5, 0.6) is 0 Å². The minimum Gasteiger partial charge on any atom is -0.483 e. The van der Waals surface area contributed by atoms with Crippen LogP contribution in [0, 0.1) is 18.7 Å². The predicted molar refractivity (Wildman–Crippen MR) is 108 cm³/mol. The fourth-order valence-corrected chi connectivity index (χ4v) is 4.17. The maximum absolute atomic E-state index is 13.6. The number of carbonyl (C=O) groups excluding carboxylic acids is 1. The lowest BCUT2D eigenvalue weighted by Crippen LogP contribution is -2.47. The van der Waals surface area contributed by atoms with Crippen molar-refractivity contribution >= 4 is 29.3 Å². The number of pyridine rings is 1. The summed E-state index contributed by atoms with van der Waals surface area (Å²) >= 11 is 0. The molecule has 31 heavy (non-hydrogen) atoms. The SMILES string of the molecule is Cc1cc(C(=O)N2C[C@H]3COC[C@@H]2CN(CC(=O)O)C3)c2ccc(F)cc2n1.O=CO. The highest BCUT2D eigenvalue weighted by molar-refractivity contribution is 6.06. The molecular formula is C21H24FN3O6. The third kappa shape index (κ3) is 5.33. The van der Waals surface area contributed by atoms with E-state index in [-0.39, 0.29) is 30.9 Å². The Morgan fingerprint density at radius 2 is 2.00 bits per heavy atom. The number of fused-ring (bicyclic) bond motifs is 4. The lowest BCUT2D eigenvalue weighted by atomic mass is 10.0. The fraction of sp³-hybridized carbons (Fsp3) is 0.429. The van der Waals surface area contributed by atoms with Gasteiger partial charge in [-0.2, -0.15) is 0 Å². The second-order valence-electron chi connectivity index (χ2n) is 7.68. The molecule has 1 aromatic carbocycles. The molecule has 0 radical (unpaired) electrons. The summed E-state index contributed by atoms with van der Waals surface area (Å²) in [6.45, 7) is 3.88. The van der Waals surface area contributed by atoms with Gasteiger partial charge in [0, 0.05) is 42.7 Å². The number of benzene rings is 1. The molecule has 3 heterocycles. The molecule has 2 fully saturated rings. The van der Waals surface area contributed by atoms with Crippen LogP contribution in [-0.4, -0.2) is 88.8 Å². The summed E-state index contributed by atoms with van der Waals surface area (Å²) in [5.74, 6) is -1.38. The molecule has 2 saturated heterocycles. The number of hydrogen-bond acceptors (Lipinski definition) is 6. The van der Waals surface area contributed by atoms with Gasteiger partial charge in [0.2, 0.25) is 0 Å². The van der Waals surface area contributed by atoms with E-state index in [0.29, 0.717) is 55.0 Å². The van der Waals surface area contributed by atoms with Crippen molar-refractivity contribution in [2.24, 2.45) is 5.92 Å². The number of hydrogen-bond donors (Lipinski definition) is 2. The minimum atomic E-state index is -0.878. The zero-order valence-electron chi connectivity index (χ0n) is 17.0. The van der Waals surface area contributed by atoms with Gasteiger partial charge in [-0.3, -0.25) is 24.3 Å². The molecule has 0 aliphatic carbocycles. The van der Waals surface area contributed by atoms with Crippen LogP contribution in [0.3, 0.4) is 0 Å². The van der Waals surface area contributed by atoms with Crippen LogP contribution >= 0.6 is 0 Å².